The monoisotopic (exact) mass is 495 g/mol. The molecule has 4 heterocycles. The molecule has 6 nitrogen and oxygen atoms in total. The highest BCUT2D eigenvalue weighted by atomic mass is 32.2. The highest BCUT2D eigenvalue weighted by molar-refractivity contribution is 7.98. The Kier molecular flexibility index (Phi) is 8.60. The van der Waals surface area contributed by atoms with Gasteiger partial charge < -0.3 is 14.6 Å². The Labute approximate surface area is 208 Å². The number of nitrogens with one attached hydrogen (secondary N) is 1. The number of nitrogens with zero attached hydrogens (tertiary/aromatic N) is 2. The molecule has 3 aromatic rings. The number of rotatable bonds is 9. The second-order valence-electron chi connectivity index (χ2n) is 8.22. The van der Waals surface area contributed by atoms with Crippen LogP contribution < -0.4 is 5.32 Å². The van der Waals surface area contributed by atoms with Crippen molar-refractivity contribution >= 4 is 41.0 Å². The lowest BCUT2D eigenvalue weighted by atomic mass is 9.89. The quantitative estimate of drug-likeness (QED) is 0.329. The van der Waals surface area contributed by atoms with Gasteiger partial charge in [0.1, 0.15) is 5.76 Å². The number of furan rings is 1. The largest absolute Gasteiger partial charge is 0.468 e. The number of thiophene rings is 1. The minimum Gasteiger partial charge on any atom is -0.468 e. The molecule has 1 N–H and O–H groups in total. The molecule has 0 aromatic carbocycles. The van der Waals surface area contributed by atoms with Crippen molar-refractivity contribution in [2.75, 3.05) is 25.4 Å². The Morgan fingerprint density at radius 3 is 2.82 bits per heavy atom. The van der Waals surface area contributed by atoms with Gasteiger partial charge in [-0.2, -0.15) is 11.8 Å². The maximum absolute atomic E-state index is 12.9. The summed E-state index contributed by atoms with van der Waals surface area (Å²) in [6.07, 6.45) is 6.80. The van der Waals surface area contributed by atoms with E-state index in [0.717, 1.165) is 46.4 Å². The summed E-state index contributed by atoms with van der Waals surface area (Å²) in [6, 6.07) is 11.6. The van der Waals surface area contributed by atoms with Crippen molar-refractivity contribution in [3.05, 3.63) is 81.7 Å². The van der Waals surface area contributed by atoms with Crippen molar-refractivity contribution in [2.24, 2.45) is 0 Å². The first-order valence-electron chi connectivity index (χ1n) is 11.5. The van der Waals surface area contributed by atoms with E-state index in [9.17, 15) is 9.59 Å². The van der Waals surface area contributed by atoms with Crippen molar-refractivity contribution < 1.29 is 14.0 Å². The van der Waals surface area contributed by atoms with Gasteiger partial charge in [-0.3, -0.25) is 14.6 Å². The highest BCUT2D eigenvalue weighted by Gasteiger charge is 2.27. The molecule has 1 fully saturated rings. The lowest BCUT2D eigenvalue weighted by Gasteiger charge is -2.32. The van der Waals surface area contributed by atoms with E-state index in [4.69, 9.17) is 9.40 Å². The first-order chi connectivity index (χ1) is 16.6. The molecule has 0 atom stereocenters. The summed E-state index contributed by atoms with van der Waals surface area (Å²) >= 11 is 3.34. The third-order valence-electron chi connectivity index (χ3n) is 5.79. The number of hydrogen-bond acceptors (Lipinski definition) is 6. The number of thioether (sulfide) groups is 1. The third kappa shape index (κ3) is 6.61. The van der Waals surface area contributed by atoms with E-state index >= 15 is 0 Å². The van der Waals surface area contributed by atoms with Gasteiger partial charge in [0, 0.05) is 48.0 Å². The number of carbonyl (C=O) groups excluding carboxylic acids is 2. The SMILES string of the molecule is Cc1ccc(C(=O)NCCSCc2ccco2)c(C2CCN(C(=O)C=Cc3cccs3)CC2)n1. The highest BCUT2D eigenvalue weighted by Crippen LogP contribution is 2.29. The maximum atomic E-state index is 12.9. The fraction of sp³-hybridized carbons (Fsp3) is 0.346. The van der Waals surface area contributed by atoms with Gasteiger partial charge in [0.05, 0.1) is 23.3 Å². The van der Waals surface area contributed by atoms with Crippen molar-refractivity contribution in [2.45, 2.75) is 31.4 Å². The fourth-order valence-electron chi connectivity index (χ4n) is 4.00. The number of aryl methyl sites for hydroxylation is 1. The van der Waals surface area contributed by atoms with Crippen molar-refractivity contribution in [3.63, 3.8) is 0 Å². The Hall–Kier alpha value is -2.84. The van der Waals surface area contributed by atoms with Gasteiger partial charge >= 0.3 is 0 Å². The van der Waals surface area contributed by atoms with Gasteiger partial charge in [-0.05, 0) is 61.6 Å². The maximum Gasteiger partial charge on any atom is 0.253 e. The Morgan fingerprint density at radius 1 is 1.24 bits per heavy atom. The van der Waals surface area contributed by atoms with Crippen LogP contribution in [0.3, 0.4) is 0 Å². The van der Waals surface area contributed by atoms with Gasteiger partial charge in [-0.15, -0.1) is 11.3 Å². The lowest BCUT2D eigenvalue weighted by molar-refractivity contribution is -0.127. The van der Waals surface area contributed by atoms with Crippen LogP contribution in [0.4, 0.5) is 0 Å². The summed E-state index contributed by atoms with van der Waals surface area (Å²) in [5.41, 5.74) is 2.39. The average molecular weight is 496 g/mol. The number of likely N-dealkylation sites (tertiary alicyclic amines) is 1. The minimum absolute atomic E-state index is 0.0362. The van der Waals surface area contributed by atoms with E-state index in [2.05, 4.69) is 5.32 Å². The summed E-state index contributed by atoms with van der Waals surface area (Å²) in [5.74, 6) is 2.65. The Morgan fingerprint density at radius 2 is 2.09 bits per heavy atom. The molecule has 0 bridgehead atoms. The Bertz CT molecular complexity index is 1100. The van der Waals surface area contributed by atoms with E-state index < -0.39 is 0 Å². The zero-order chi connectivity index (χ0) is 23.8. The second kappa shape index (κ2) is 12.0. The van der Waals surface area contributed by atoms with Crippen LogP contribution in [0.2, 0.25) is 0 Å². The van der Waals surface area contributed by atoms with Crippen molar-refractivity contribution in [1.29, 1.82) is 0 Å². The summed E-state index contributed by atoms with van der Waals surface area (Å²) in [7, 11) is 0. The number of amides is 2. The molecule has 178 valence electrons. The van der Waals surface area contributed by atoms with E-state index in [1.165, 1.54) is 0 Å². The van der Waals surface area contributed by atoms with Gasteiger partial charge in [0.25, 0.3) is 5.91 Å². The van der Waals surface area contributed by atoms with Crippen LogP contribution >= 0.6 is 23.1 Å². The number of aromatic nitrogens is 1. The summed E-state index contributed by atoms with van der Waals surface area (Å²) in [4.78, 5) is 33.2. The standard InChI is InChI=1S/C26H29N3O3S2/c1-19-6-8-23(26(31)27-12-17-33-18-21-4-2-15-32-21)25(28-19)20-10-13-29(14-11-20)24(30)9-7-22-5-3-16-34-22/h2-9,15-16,20H,10-14,17-18H2,1H3,(H,27,31). The van der Waals surface area contributed by atoms with Crippen LogP contribution in [0.1, 0.15) is 51.1 Å². The van der Waals surface area contributed by atoms with E-state index in [1.807, 2.05) is 59.7 Å². The van der Waals surface area contributed by atoms with Gasteiger partial charge in [0.2, 0.25) is 5.91 Å². The molecule has 34 heavy (non-hydrogen) atoms. The second-order valence-corrected chi connectivity index (χ2v) is 10.3. The predicted molar refractivity (Wildman–Crippen MR) is 138 cm³/mol. The van der Waals surface area contributed by atoms with E-state index in [0.29, 0.717) is 25.2 Å². The van der Waals surface area contributed by atoms with Crippen LogP contribution in [0.15, 0.2) is 58.5 Å². The molecule has 3 aromatic heterocycles. The van der Waals surface area contributed by atoms with Crippen molar-refractivity contribution in [1.82, 2.24) is 15.2 Å². The predicted octanol–water partition coefficient (Wildman–Crippen LogP) is 5.13. The summed E-state index contributed by atoms with van der Waals surface area (Å²) in [6.45, 7) is 3.86. The molecule has 4 rings (SSSR count). The van der Waals surface area contributed by atoms with Crippen molar-refractivity contribution in [3.8, 4) is 0 Å². The number of carbonyl (C=O) groups is 2. The molecule has 8 heteroatoms. The molecule has 1 aliphatic rings. The minimum atomic E-state index is -0.0847. The first kappa shape index (κ1) is 24.3. The molecular weight excluding hydrogens is 466 g/mol. The molecule has 0 aliphatic carbocycles. The molecule has 1 saturated heterocycles. The lowest BCUT2D eigenvalue weighted by Crippen LogP contribution is -2.37. The zero-order valence-electron chi connectivity index (χ0n) is 19.2. The molecular formula is C26H29N3O3S2. The molecule has 2 amide bonds. The molecule has 1 aliphatic heterocycles. The van der Waals surface area contributed by atoms with E-state index in [1.54, 1.807) is 35.4 Å². The van der Waals surface area contributed by atoms with E-state index in [-0.39, 0.29) is 17.7 Å². The normalized spacial score (nSPS) is 14.6. The average Bonchev–Trinajstić information content (AvgIpc) is 3.57. The number of hydrogen-bond donors (Lipinski definition) is 1. The van der Waals surface area contributed by atoms with Crippen LogP contribution in [0, 0.1) is 6.92 Å². The zero-order valence-corrected chi connectivity index (χ0v) is 20.9. The van der Waals surface area contributed by atoms with Gasteiger partial charge in [-0.1, -0.05) is 6.07 Å². The van der Waals surface area contributed by atoms with Crippen LogP contribution in [-0.4, -0.2) is 47.1 Å². The van der Waals surface area contributed by atoms with Gasteiger partial charge in [0.15, 0.2) is 0 Å². The first-order valence-corrected chi connectivity index (χ1v) is 13.5. The topological polar surface area (TPSA) is 75.4 Å². The summed E-state index contributed by atoms with van der Waals surface area (Å²) in [5, 5.41) is 5.03. The number of piperidine rings is 1. The number of pyridine rings is 1. The third-order valence-corrected chi connectivity index (χ3v) is 7.61. The van der Waals surface area contributed by atoms with Crippen LogP contribution in [0.5, 0.6) is 0 Å². The molecule has 0 saturated carbocycles. The van der Waals surface area contributed by atoms with Gasteiger partial charge in [-0.25, -0.2) is 0 Å². The molecule has 0 spiro atoms. The van der Waals surface area contributed by atoms with Crippen LogP contribution in [0.25, 0.3) is 6.08 Å². The smallest absolute Gasteiger partial charge is 0.253 e. The molecule has 0 unspecified atom stereocenters. The fourth-order valence-corrected chi connectivity index (χ4v) is 5.37. The van der Waals surface area contributed by atoms with Crippen LogP contribution in [-0.2, 0) is 10.5 Å². The molecule has 0 radical (unpaired) electrons. The summed E-state index contributed by atoms with van der Waals surface area (Å²) < 4.78 is 5.33. The Balaban J connectivity index is 1.30.